The van der Waals surface area contributed by atoms with Crippen LogP contribution in [-0.4, -0.2) is 51.7 Å². The average Bonchev–Trinajstić information content (AvgIpc) is 3.26. The molecule has 7 nitrogen and oxygen atoms in total. The van der Waals surface area contributed by atoms with Gasteiger partial charge in [0, 0.05) is 43.2 Å². The molecule has 37 heavy (non-hydrogen) atoms. The number of nitrogens with zero attached hydrogens (tertiary/aromatic N) is 3. The summed E-state index contributed by atoms with van der Waals surface area (Å²) in [4.78, 5) is 32.3. The van der Waals surface area contributed by atoms with Crippen LogP contribution in [0.4, 0.5) is 4.79 Å². The zero-order valence-electron chi connectivity index (χ0n) is 20.7. The highest BCUT2D eigenvalue weighted by atomic mass is 79.9. The molecule has 2 heterocycles. The van der Waals surface area contributed by atoms with Crippen LogP contribution in [0.15, 0.2) is 88.1 Å². The van der Waals surface area contributed by atoms with Crippen LogP contribution in [0.2, 0.25) is 0 Å². The number of hydrogen-bond acceptors (Lipinski definition) is 4. The van der Waals surface area contributed by atoms with Crippen molar-refractivity contribution in [3.63, 3.8) is 0 Å². The SMILES string of the molecule is O=C(OCCN(Cc1ccccc1)Cc1ccc(Br)cc1)N1CCC(n2c(=O)[nH]c3ccccc32)CC1. The monoisotopic (exact) mass is 562 g/mol. The lowest BCUT2D eigenvalue weighted by Gasteiger charge is -2.32. The van der Waals surface area contributed by atoms with Crippen LogP contribution in [0.25, 0.3) is 11.0 Å². The van der Waals surface area contributed by atoms with E-state index in [0.717, 1.165) is 41.4 Å². The molecule has 1 saturated heterocycles. The maximum Gasteiger partial charge on any atom is 0.409 e. The topological polar surface area (TPSA) is 70.6 Å². The van der Waals surface area contributed by atoms with Gasteiger partial charge in [-0.1, -0.05) is 70.5 Å². The number of amides is 1. The molecule has 1 N–H and O–H groups in total. The Morgan fingerprint density at radius 3 is 2.30 bits per heavy atom. The molecule has 0 radical (unpaired) electrons. The van der Waals surface area contributed by atoms with Crippen molar-refractivity contribution in [1.82, 2.24) is 19.4 Å². The van der Waals surface area contributed by atoms with Gasteiger partial charge in [0.1, 0.15) is 6.61 Å². The Morgan fingerprint density at radius 1 is 0.919 bits per heavy atom. The van der Waals surface area contributed by atoms with Crippen molar-refractivity contribution in [1.29, 1.82) is 0 Å². The Bertz CT molecular complexity index is 1380. The molecule has 192 valence electrons. The second kappa shape index (κ2) is 11.8. The van der Waals surface area contributed by atoms with Crippen molar-refractivity contribution < 1.29 is 9.53 Å². The van der Waals surface area contributed by atoms with Crippen LogP contribution in [0.3, 0.4) is 0 Å². The highest BCUT2D eigenvalue weighted by Crippen LogP contribution is 2.25. The normalized spacial score (nSPS) is 14.4. The van der Waals surface area contributed by atoms with E-state index in [1.54, 1.807) is 4.90 Å². The Labute approximate surface area is 224 Å². The number of piperidine rings is 1. The van der Waals surface area contributed by atoms with E-state index in [9.17, 15) is 9.59 Å². The molecule has 0 bridgehead atoms. The molecule has 1 aromatic heterocycles. The Kier molecular flexibility index (Phi) is 8.06. The third kappa shape index (κ3) is 6.32. The largest absolute Gasteiger partial charge is 0.448 e. The third-order valence-corrected chi connectivity index (χ3v) is 7.44. The average molecular weight is 563 g/mol. The number of likely N-dealkylation sites (tertiary alicyclic amines) is 1. The predicted octanol–water partition coefficient (Wildman–Crippen LogP) is 5.57. The maximum atomic E-state index is 12.8. The number of ether oxygens (including phenoxy) is 1. The number of para-hydroxylation sites is 2. The zero-order chi connectivity index (χ0) is 25.6. The second-order valence-electron chi connectivity index (χ2n) is 9.47. The highest BCUT2D eigenvalue weighted by molar-refractivity contribution is 9.10. The van der Waals surface area contributed by atoms with Gasteiger partial charge < -0.3 is 14.6 Å². The predicted molar refractivity (Wildman–Crippen MR) is 148 cm³/mol. The minimum absolute atomic E-state index is 0.0694. The summed E-state index contributed by atoms with van der Waals surface area (Å²) in [5.41, 5.74) is 4.10. The molecule has 1 aliphatic heterocycles. The smallest absolute Gasteiger partial charge is 0.409 e. The van der Waals surface area contributed by atoms with Gasteiger partial charge in [-0.05, 0) is 48.2 Å². The summed E-state index contributed by atoms with van der Waals surface area (Å²) in [5.74, 6) is 0. The van der Waals surface area contributed by atoms with Gasteiger partial charge in [0.15, 0.2) is 0 Å². The minimum Gasteiger partial charge on any atom is -0.448 e. The lowest BCUT2D eigenvalue weighted by molar-refractivity contribution is 0.0770. The first-order valence-corrected chi connectivity index (χ1v) is 13.5. The van der Waals surface area contributed by atoms with Gasteiger partial charge in [0.2, 0.25) is 0 Å². The number of hydrogen-bond donors (Lipinski definition) is 1. The zero-order valence-corrected chi connectivity index (χ0v) is 22.3. The number of imidazole rings is 1. The van der Waals surface area contributed by atoms with Gasteiger partial charge in [0.05, 0.1) is 11.0 Å². The number of H-pyrrole nitrogens is 1. The Hall–Kier alpha value is -3.36. The quantitative estimate of drug-likeness (QED) is 0.305. The Balaban J connectivity index is 1.14. The van der Waals surface area contributed by atoms with Crippen molar-refractivity contribution in [3.8, 4) is 0 Å². The van der Waals surface area contributed by atoms with Crippen molar-refractivity contribution >= 4 is 33.1 Å². The lowest BCUT2D eigenvalue weighted by atomic mass is 10.0. The minimum atomic E-state index is -0.284. The first-order valence-electron chi connectivity index (χ1n) is 12.7. The molecule has 1 aliphatic rings. The van der Waals surface area contributed by atoms with E-state index in [0.29, 0.717) is 26.2 Å². The van der Waals surface area contributed by atoms with Crippen LogP contribution < -0.4 is 5.69 Å². The van der Waals surface area contributed by atoms with E-state index in [2.05, 4.69) is 50.1 Å². The van der Waals surface area contributed by atoms with Gasteiger partial charge in [-0.15, -0.1) is 0 Å². The standard InChI is InChI=1S/C29H31BrN4O3/c30-24-12-10-23(11-13-24)21-32(20-22-6-2-1-3-7-22)18-19-37-29(36)33-16-14-25(15-17-33)34-27-9-5-4-8-26(27)31-28(34)35/h1-13,25H,14-21H2,(H,31,35). The van der Waals surface area contributed by atoms with Crippen LogP contribution in [-0.2, 0) is 17.8 Å². The highest BCUT2D eigenvalue weighted by Gasteiger charge is 2.27. The second-order valence-corrected chi connectivity index (χ2v) is 10.4. The molecular weight excluding hydrogens is 532 g/mol. The van der Waals surface area contributed by atoms with E-state index in [4.69, 9.17) is 4.74 Å². The van der Waals surface area contributed by atoms with Crippen LogP contribution in [0.1, 0.15) is 30.0 Å². The maximum absolute atomic E-state index is 12.8. The summed E-state index contributed by atoms with van der Waals surface area (Å²) in [5, 5.41) is 0. The number of nitrogens with one attached hydrogen (secondary N) is 1. The fourth-order valence-corrected chi connectivity index (χ4v) is 5.26. The number of halogens is 1. The lowest BCUT2D eigenvalue weighted by Crippen LogP contribution is -2.41. The molecule has 8 heteroatoms. The number of rotatable bonds is 8. The molecule has 0 aliphatic carbocycles. The van der Waals surface area contributed by atoms with Gasteiger partial charge in [-0.25, -0.2) is 9.59 Å². The molecule has 0 unspecified atom stereocenters. The molecule has 0 atom stereocenters. The van der Waals surface area contributed by atoms with Crippen LogP contribution in [0, 0.1) is 0 Å². The Morgan fingerprint density at radius 2 is 1.57 bits per heavy atom. The molecule has 1 fully saturated rings. The van der Waals surface area contributed by atoms with E-state index < -0.39 is 0 Å². The first kappa shape index (κ1) is 25.3. The van der Waals surface area contributed by atoms with Gasteiger partial charge in [0.25, 0.3) is 0 Å². The van der Waals surface area contributed by atoms with Crippen LogP contribution >= 0.6 is 15.9 Å². The summed E-state index contributed by atoms with van der Waals surface area (Å²) in [6.07, 6.45) is 1.16. The van der Waals surface area contributed by atoms with E-state index in [-0.39, 0.29) is 17.8 Å². The first-order chi connectivity index (χ1) is 18.1. The third-order valence-electron chi connectivity index (χ3n) is 6.91. The molecule has 4 aromatic rings. The van der Waals surface area contributed by atoms with E-state index >= 15 is 0 Å². The van der Waals surface area contributed by atoms with Crippen LogP contribution in [0.5, 0.6) is 0 Å². The molecule has 0 saturated carbocycles. The van der Waals surface area contributed by atoms with Gasteiger partial charge >= 0.3 is 11.8 Å². The number of fused-ring (bicyclic) bond motifs is 1. The van der Waals surface area contributed by atoms with Crippen molar-refractivity contribution in [2.24, 2.45) is 0 Å². The number of carbonyl (C=O) groups is 1. The number of carbonyl (C=O) groups excluding carboxylic acids is 1. The fraction of sp³-hybridized carbons (Fsp3) is 0.310. The fourth-order valence-electron chi connectivity index (χ4n) is 5.00. The molecule has 5 rings (SSSR count). The van der Waals surface area contributed by atoms with E-state index in [1.807, 2.05) is 59.2 Å². The number of aromatic amines is 1. The summed E-state index contributed by atoms with van der Waals surface area (Å²) < 4.78 is 8.58. The van der Waals surface area contributed by atoms with Crippen molar-refractivity contribution in [2.75, 3.05) is 26.2 Å². The summed E-state index contributed by atoms with van der Waals surface area (Å²) >= 11 is 3.50. The molecule has 1 amide bonds. The van der Waals surface area contributed by atoms with Crippen molar-refractivity contribution in [3.05, 3.63) is 105 Å². The number of aromatic nitrogens is 2. The van der Waals surface area contributed by atoms with Crippen molar-refractivity contribution in [2.45, 2.75) is 32.0 Å². The summed E-state index contributed by atoms with van der Waals surface area (Å²) in [6, 6.07) is 26.4. The van der Waals surface area contributed by atoms with E-state index in [1.165, 1.54) is 11.1 Å². The number of benzene rings is 3. The summed E-state index contributed by atoms with van der Waals surface area (Å²) in [7, 11) is 0. The van der Waals surface area contributed by atoms with Gasteiger partial charge in [-0.2, -0.15) is 0 Å². The van der Waals surface area contributed by atoms with Gasteiger partial charge in [-0.3, -0.25) is 9.47 Å². The molecular formula is C29H31BrN4O3. The summed E-state index contributed by atoms with van der Waals surface area (Å²) in [6.45, 7) is 3.65. The molecule has 3 aromatic carbocycles. The molecule has 0 spiro atoms.